The highest BCUT2D eigenvalue weighted by atomic mass is 35.5. The Morgan fingerprint density at radius 2 is 1.89 bits per heavy atom. The number of hydrogen-bond donors (Lipinski definition) is 0. The molecule has 2 aromatic carbocycles. The van der Waals surface area contributed by atoms with Gasteiger partial charge in [-0.15, -0.1) is 0 Å². The Bertz CT molecular complexity index is 598. The van der Waals surface area contributed by atoms with E-state index in [1.165, 1.54) is 12.1 Å². The largest absolute Gasteiger partial charge is 0.281 e. The molecule has 0 aliphatic heterocycles. The second-order valence-electron chi connectivity index (χ2n) is 4.21. The third kappa shape index (κ3) is 3.55. The molecule has 0 spiro atoms. The molecule has 0 N–H and O–H groups in total. The minimum atomic E-state index is -0.600. The summed E-state index contributed by atoms with van der Waals surface area (Å²) in [5, 5.41) is 0.0485. The van der Waals surface area contributed by atoms with Gasteiger partial charge < -0.3 is 0 Å². The van der Waals surface area contributed by atoms with E-state index in [-0.39, 0.29) is 5.82 Å². The predicted molar refractivity (Wildman–Crippen MR) is 75.2 cm³/mol. The van der Waals surface area contributed by atoms with Gasteiger partial charge in [0.1, 0.15) is 5.82 Å². The lowest BCUT2D eigenvalue weighted by Crippen LogP contribution is -2.10. The van der Waals surface area contributed by atoms with E-state index in [0.29, 0.717) is 17.0 Å². The first-order chi connectivity index (χ1) is 9.08. The average molecular weight is 297 g/mol. The van der Waals surface area contributed by atoms with Crippen LogP contribution in [-0.4, -0.2) is 5.24 Å². The van der Waals surface area contributed by atoms with Gasteiger partial charge >= 0.3 is 0 Å². The summed E-state index contributed by atoms with van der Waals surface area (Å²) in [5.74, 6) is -0.989. The molecule has 2 rings (SSSR count). The molecule has 1 unspecified atom stereocenters. The second kappa shape index (κ2) is 6.18. The molecule has 19 heavy (non-hydrogen) atoms. The van der Waals surface area contributed by atoms with E-state index in [2.05, 4.69) is 0 Å². The molecule has 0 aliphatic carbocycles. The second-order valence-corrected chi connectivity index (χ2v) is 4.99. The van der Waals surface area contributed by atoms with Crippen LogP contribution in [0.15, 0.2) is 48.5 Å². The maximum absolute atomic E-state index is 13.2. The average Bonchev–Trinajstić information content (AvgIpc) is 2.37. The van der Waals surface area contributed by atoms with E-state index in [1.54, 1.807) is 18.2 Å². The Balaban J connectivity index is 2.32. The molecule has 98 valence electrons. The van der Waals surface area contributed by atoms with E-state index in [4.69, 9.17) is 23.2 Å². The Morgan fingerprint density at radius 3 is 2.53 bits per heavy atom. The van der Waals surface area contributed by atoms with Crippen LogP contribution in [0.25, 0.3) is 0 Å². The van der Waals surface area contributed by atoms with Crippen molar-refractivity contribution in [2.24, 2.45) is 0 Å². The lowest BCUT2D eigenvalue weighted by molar-refractivity contribution is -0.113. The van der Waals surface area contributed by atoms with Crippen LogP contribution in [0.1, 0.15) is 17.0 Å². The number of carbonyl (C=O) groups excluding carboxylic acids is 1. The van der Waals surface area contributed by atoms with Crippen LogP contribution in [0.4, 0.5) is 4.39 Å². The summed E-state index contributed by atoms with van der Waals surface area (Å²) in [5.41, 5.74) is 1.37. The number of benzene rings is 2. The SMILES string of the molecule is O=C(Cl)C(Cc1ccccc1Cl)c1cccc(F)c1. The molecule has 1 atom stereocenters. The standard InChI is InChI=1S/C15H11Cl2FO/c16-14-7-2-1-4-11(14)9-13(15(17)19)10-5-3-6-12(18)8-10/h1-8,13H,9H2. The molecule has 4 heteroatoms. The highest BCUT2D eigenvalue weighted by Gasteiger charge is 2.20. The smallest absolute Gasteiger partial charge is 0.229 e. The van der Waals surface area contributed by atoms with Gasteiger partial charge in [-0.05, 0) is 47.3 Å². The summed E-state index contributed by atoms with van der Waals surface area (Å²) in [6.07, 6.45) is 0.353. The lowest BCUT2D eigenvalue weighted by Gasteiger charge is -2.14. The van der Waals surface area contributed by atoms with E-state index in [0.717, 1.165) is 5.56 Å². The van der Waals surface area contributed by atoms with Gasteiger partial charge in [0.05, 0.1) is 5.92 Å². The number of rotatable bonds is 4. The van der Waals surface area contributed by atoms with Crippen molar-refractivity contribution in [2.75, 3.05) is 0 Å². The molecule has 0 heterocycles. The van der Waals surface area contributed by atoms with Gasteiger partial charge in [-0.25, -0.2) is 4.39 Å². The quantitative estimate of drug-likeness (QED) is 0.755. The van der Waals surface area contributed by atoms with Gasteiger partial charge in [-0.3, -0.25) is 4.79 Å². The Hall–Kier alpha value is -1.38. The van der Waals surface area contributed by atoms with Gasteiger partial charge in [0, 0.05) is 5.02 Å². The molecule has 1 nitrogen and oxygen atoms in total. The summed E-state index contributed by atoms with van der Waals surface area (Å²) < 4.78 is 13.2. The van der Waals surface area contributed by atoms with E-state index >= 15 is 0 Å². The molecule has 0 aromatic heterocycles. The van der Waals surface area contributed by atoms with Crippen LogP contribution in [0.5, 0.6) is 0 Å². The van der Waals surface area contributed by atoms with Crippen LogP contribution in [-0.2, 0) is 11.2 Å². The Morgan fingerprint density at radius 1 is 1.16 bits per heavy atom. The third-order valence-electron chi connectivity index (χ3n) is 2.91. The van der Waals surface area contributed by atoms with Crippen molar-refractivity contribution in [3.8, 4) is 0 Å². The molecule has 2 aromatic rings. The number of carbonyl (C=O) groups is 1. The van der Waals surface area contributed by atoms with E-state index in [1.807, 2.05) is 18.2 Å². The number of hydrogen-bond acceptors (Lipinski definition) is 1. The topological polar surface area (TPSA) is 17.1 Å². The Labute approximate surface area is 121 Å². The maximum atomic E-state index is 13.2. The molecule has 0 bridgehead atoms. The van der Waals surface area contributed by atoms with E-state index in [9.17, 15) is 9.18 Å². The van der Waals surface area contributed by atoms with Crippen LogP contribution in [0, 0.1) is 5.82 Å². The zero-order valence-corrected chi connectivity index (χ0v) is 11.5. The first-order valence-electron chi connectivity index (χ1n) is 5.76. The highest BCUT2D eigenvalue weighted by Crippen LogP contribution is 2.27. The molecule has 0 amide bonds. The fourth-order valence-electron chi connectivity index (χ4n) is 1.94. The van der Waals surface area contributed by atoms with Crippen LogP contribution in [0.2, 0.25) is 5.02 Å². The molecule has 0 saturated heterocycles. The van der Waals surface area contributed by atoms with Crippen molar-refractivity contribution in [1.29, 1.82) is 0 Å². The van der Waals surface area contributed by atoms with Crippen molar-refractivity contribution in [1.82, 2.24) is 0 Å². The Kier molecular flexibility index (Phi) is 4.56. The van der Waals surface area contributed by atoms with Gasteiger partial charge in [0.25, 0.3) is 0 Å². The van der Waals surface area contributed by atoms with Crippen molar-refractivity contribution in [3.05, 3.63) is 70.5 Å². The first-order valence-corrected chi connectivity index (χ1v) is 6.51. The molecule has 0 fully saturated rings. The van der Waals surface area contributed by atoms with Crippen LogP contribution < -0.4 is 0 Å². The zero-order chi connectivity index (χ0) is 13.8. The van der Waals surface area contributed by atoms with Gasteiger partial charge in [-0.2, -0.15) is 0 Å². The lowest BCUT2D eigenvalue weighted by atomic mass is 9.93. The molecule has 0 aliphatic rings. The summed E-state index contributed by atoms with van der Waals surface area (Å²) in [7, 11) is 0. The normalized spacial score (nSPS) is 12.2. The zero-order valence-electron chi connectivity index (χ0n) is 9.95. The molecule has 0 radical (unpaired) electrons. The minimum Gasteiger partial charge on any atom is -0.281 e. The van der Waals surface area contributed by atoms with Crippen molar-refractivity contribution >= 4 is 28.4 Å². The monoisotopic (exact) mass is 296 g/mol. The van der Waals surface area contributed by atoms with Gasteiger partial charge in [0.2, 0.25) is 5.24 Å². The van der Waals surface area contributed by atoms with Crippen molar-refractivity contribution in [3.63, 3.8) is 0 Å². The van der Waals surface area contributed by atoms with Gasteiger partial charge in [-0.1, -0.05) is 41.9 Å². The van der Waals surface area contributed by atoms with E-state index < -0.39 is 11.2 Å². The van der Waals surface area contributed by atoms with Crippen molar-refractivity contribution in [2.45, 2.75) is 12.3 Å². The summed E-state index contributed by atoms with van der Waals surface area (Å²) in [6.45, 7) is 0. The summed E-state index contributed by atoms with van der Waals surface area (Å²) in [4.78, 5) is 11.6. The van der Waals surface area contributed by atoms with Crippen LogP contribution in [0.3, 0.4) is 0 Å². The summed E-state index contributed by atoms with van der Waals surface area (Å²) in [6, 6.07) is 13.1. The fourth-order valence-corrected chi connectivity index (χ4v) is 2.35. The number of halogens is 3. The highest BCUT2D eigenvalue weighted by molar-refractivity contribution is 6.64. The maximum Gasteiger partial charge on any atom is 0.229 e. The first kappa shape index (κ1) is 14.0. The van der Waals surface area contributed by atoms with Crippen molar-refractivity contribution < 1.29 is 9.18 Å². The molecule has 0 saturated carbocycles. The minimum absolute atomic E-state index is 0.353. The summed E-state index contributed by atoms with van der Waals surface area (Å²) >= 11 is 11.7. The third-order valence-corrected chi connectivity index (χ3v) is 3.54. The van der Waals surface area contributed by atoms with Crippen LogP contribution >= 0.6 is 23.2 Å². The molecular weight excluding hydrogens is 286 g/mol. The predicted octanol–water partition coefficient (Wildman–Crippen LogP) is 4.57. The molecular formula is C15H11Cl2FO. The fraction of sp³-hybridized carbons (Fsp3) is 0.133. The van der Waals surface area contributed by atoms with Gasteiger partial charge in [0.15, 0.2) is 0 Å².